The van der Waals surface area contributed by atoms with Crippen molar-refractivity contribution in [3.63, 3.8) is 0 Å². The summed E-state index contributed by atoms with van der Waals surface area (Å²) >= 11 is 0. The monoisotopic (exact) mass is 263 g/mol. The van der Waals surface area contributed by atoms with Crippen molar-refractivity contribution in [2.75, 3.05) is 0 Å². The van der Waals surface area contributed by atoms with Crippen molar-refractivity contribution in [1.29, 1.82) is 0 Å². The van der Waals surface area contributed by atoms with Gasteiger partial charge in [-0.25, -0.2) is 0 Å². The number of rotatable bonds is 3. The van der Waals surface area contributed by atoms with E-state index in [9.17, 15) is 9.59 Å². The third-order valence-corrected chi connectivity index (χ3v) is 0.553. The van der Waals surface area contributed by atoms with Crippen LogP contribution in [0.15, 0.2) is 0 Å². The van der Waals surface area contributed by atoms with Crippen LogP contribution in [0.3, 0.4) is 0 Å². The number of carbonyl (C=O) groups is 2. The van der Waals surface area contributed by atoms with E-state index < -0.39 is 11.9 Å². The molecule has 0 amide bonds. The largest absolute Gasteiger partial charge is 1.00 e. The summed E-state index contributed by atoms with van der Waals surface area (Å²) in [5.41, 5.74) is 0. The molecule has 0 saturated heterocycles. The molecular formula is C4H7NaO4Sb. The first-order valence-electron chi connectivity index (χ1n) is 2.06. The van der Waals surface area contributed by atoms with Crippen molar-refractivity contribution in [1.82, 2.24) is 0 Å². The first-order valence-corrected chi connectivity index (χ1v) is 2.06. The summed E-state index contributed by atoms with van der Waals surface area (Å²) in [5, 5.41) is 15.8. The fourth-order valence-corrected chi connectivity index (χ4v) is 0.214. The molecule has 0 fully saturated rings. The third kappa shape index (κ3) is 15.9. The molecule has 0 aromatic carbocycles. The summed E-state index contributed by atoms with van der Waals surface area (Å²) in [7, 11) is 0. The second kappa shape index (κ2) is 9.76. The van der Waals surface area contributed by atoms with Crippen LogP contribution in [0.5, 0.6) is 0 Å². The van der Waals surface area contributed by atoms with Gasteiger partial charge in [0, 0.05) is 24.4 Å². The normalized spacial score (nSPS) is 6.80. The van der Waals surface area contributed by atoms with E-state index in [0.29, 0.717) is 0 Å². The van der Waals surface area contributed by atoms with Crippen LogP contribution >= 0.6 is 0 Å². The molecule has 0 heterocycles. The van der Waals surface area contributed by atoms with Gasteiger partial charge in [-0.2, -0.15) is 0 Å². The average molecular weight is 264 g/mol. The second-order valence-corrected chi connectivity index (χ2v) is 1.29. The first kappa shape index (κ1) is 17.0. The SMILES string of the molecule is O=C(O)CCC(=O)O.[H-].[Na+].[Sb]. The van der Waals surface area contributed by atoms with E-state index >= 15 is 0 Å². The van der Waals surface area contributed by atoms with Crippen molar-refractivity contribution in [3.05, 3.63) is 0 Å². The Morgan fingerprint density at radius 3 is 1.40 bits per heavy atom. The van der Waals surface area contributed by atoms with E-state index in [0.717, 1.165) is 0 Å². The maximum Gasteiger partial charge on any atom is 1.00 e. The summed E-state index contributed by atoms with van der Waals surface area (Å²) in [6.07, 6.45) is -0.593. The van der Waals surface area contributed by atoms with Gasteiger partial charge in [0.25, 0.3) is 0 Å². The molecule has 10 heavy (non-hydrogen) atoms. The molecule has 0 bridgehead atoms. The van der Waals surface area contributed by atoms with Crippen molar-refractivity contribution in [3.8, 4) is 0 Å². The van der Waals surface area contributed by atoms with Gasteiger partial charge >= 0.3 is 41.5 Å². The number of aliphatic carboxylic acids is 2. The number of carboxylic acid groups (broad SMARTS) is 2. The number of hydrogen-bond acceptors (Lipinski definition) is 2. The molecule has 4 nitrogen and oxygen atoms in total. The van der Waals surface area contributed by atoms with E-state index in [2.05, 4.69) is 0 Å². The van der Waals surface area contributed by atoms with E-state index in [1.54, 1.807) is 0 Å². The van der Waals surface area contributed by atoms with Gasteiger partial charge in [-0.15, -0.1) is 0 Å². The molecule has 0 atom stereocenters. The van der Waals surface area contributed by atoms with E-state index in [4.69, 9.17) is 10.2 Å². The summed E-state index contributed by atoms with van der Waals surface area (Å²) in [6, 6.07) is 0. The Kier molecular flexibility index (Phi) is 16.6. The smallest absolute Gasteiger partial charge is 1.00 e. The second-order valence-electron chi connectivity index (χ2n) is 1.29. The Morgan fingerprint density at radius 2 is 1.30 bits per heavy atom. The van der Waals surface area contributed by atoms with Crippen LogP contribution in [0, 0.1) is 0 Å². The minimum absolute atomic E-state index is 0. The van der Waals surface area contributed by atoms with E-state index in [-0.39, 0.29) is 68.3 Å². The van der Waals surface area contributed by atoms with Gasteiger partial charge in [0.2, 0.25) is 0 Å². The van der Waals surface area contributed by atoms with Gasteiger partial charge < -0.3 is 11.6 Å². The quantitative estimate of drug-likeness (QED) is 0.523. The van der Waals surface area contributed by atoms with Crippen molar-refractivity contribution >= 4 is 36.4 Å². The van der Waals surface area contributed by atoms with Crippen LogP contribution in [0.1, 0.15) is 14.3 Å². The Labute approximate surface area is 99.2 Å². The molecule has 0 aliphatic carbocycles. The van der Waals surface area contributed by atoms with Crippen LogP contribution in [0.4, 0.5) is 0 Å². The van der Waals surface area contributed by atoms with E-state index in [1.807, 2.05) is 0 Å². The Morgan fingerprint density at radius 1 is 1.10 bits per heavy atom. The minimum atomic E-state index is -1.08. The average Bonchev–Trinajstić information content (AvgIpc) is 1.61. The van der Waals surface area contributed by atoms with Crippen molar-refractivity contribution in [2.45, 2.75) is 12.8 Å². The summed E-state index contributed by atoms with van der Waals surface area (Å²) in [6.45, 7) is 0. The summed E-state index contributed by atoms with van der Waals surface area (Å²) in [4.78, 5) is 19.3. The Hall–Kier alpha value is 0.758. The van der Waals surface area contributed by atoms with Gasteiger partial charge in [-0.1, -0.05) is 0 Å². The van der Waals surface area contributed by atoms with Gasteiger partial charge in [0.15, 0.2) is 0 Å². The zero-order valence-electron chi connectivity index (χ0n) is 6.57. The first-order chi connectivity index (χ1) is 3.63. The number of hydrogen-bond donors (Lipinski definition) is 2. The molecule has 0 aliphatic rings. The maximum atomic E-state index is 9.64. The van der Waals surface area contributed by atoms with Crippen LogP contribution in [0.25, 0.3) is 0 Å². The predicted octanol–water partition coefficient (Wildman–Crippen LogP) is -3.33. The Bertz CT molecular complexity index is 107. The summed E-state index contributed by atoms with van der Waals surface area (Å²) in [5.74, 6) is -2.15. The minimum Gasteiger partial charge on any atom is -1.00 e. The zero-order chi connectivity index (χ0) is 6.57. The molecule has 0 aromatic rings. The molecule has 0 aromatic heterocycles. The van der Waals surface area contributed by atoms with Crippen LogP contribution in [0.2, 0.25) is 0 Å². The van der Waals surface area contributed by atoms with Gasteiger partial charge in [0.05, 0.1) is 12.8 Å². The molecule has 0 spiro atoms. The molecular weight excluding hydrogens is 257 g/mol. The topological polar surface area (TPSA) is 74.6 Å². The van der Waals surface area contributed by atoms with Crippen molar-refractivity contribution < 1.29 is 50.8 Å². The molecule has 0 unspecified atom stereocenters. The number of carboxylic acids is 2. The van der Waals surface area contributed by atoms with Crippen molar-refractivity contribution in [2.24, 2.45) is 0 Å². The molecule has 0 aliphatic heterocycles. The maximum absolute atomic E-state index is 9.64. The molecule has 53 valence electrons. The predicted molar refractivity (Wildman–Crippen MR) is 31.4 cm³/mol. The molecule has 0 saturated carbocycles. The van der Waals surface area contributed by atoms with E-state index in [1.165, 1.54) is 0 Å². The van der Waals surface area contributed by atoms with Gasteiger partial charge in [0.1, 0.15) is 0 Å². The standard InChI is InChI=1S/C4H6O4.Na.Sb.H/c5-3(6)1-2-4(7)8;;;/h1-2H2,(H,5,6)(H,7,8);;;/q;+1;;-1. The Balaban J connectivity index is -0.0000000817. The zero-order valence-corrected chi connectivity index (χ0v) is 10.1. The molecule has 2 N–H and O–H groups in total. The third-order valence-electron chi connectivity index (χ3n) is 0.553. The summed E-state index contributed by atoms with van der Waals surface area (Å²) < 4.78 is 0. The molecule has 0 rings (SSSR count). The van der Waals surface area contributed by atoms with Gasteiger partial charge in [-0.3, -0.25) is 9.59 Å². The fraction of sp³-hybridized carbons (Fsp3) is 0.500. The van der Waals surface area contributed by atoms with Crippen LogP contribution in [-0.4, -0.2) is 46.6 Å². The fourth-order valence-electron chi connectivity index (χ4n) is 0.214. The molecule has 6 heteroatoms. The van der Waals surface area contributed by atoms with Gasteiger partial charge in [-0.05, 0) is 0 Å². The van der Waals surface area contributed by atoms with Crippen LogP contribution < -0.4 is 29.6 Å². The molecule has 3 radical (unpaired) electrons. The van der Waals surface area contributed by atoms with Crippen LogP contribution in [-0.2, 0) is 9.59 Å².